The van der Waals surface area contributed by atoms with E-state index in [-0.39, 0.29) is 5.91 Å². The Morgan fingerprint density at radius 3 is 2.11 bits per heavy atom. The fourth-order valence-corrected chi connectivity index (χ4v) is 3.14. The van der Waals surface area contributed by atoms with Gasteiger partial charge in [-0.05, 0) is 41.5 Å². The van der Waals surface area contributed by atoms with Crippen molar-refractivity contribution in [1.82, 2.24) is 9.78 Å². The second-order valence-electron chi connectivity index (χ2n) is 6.61. The summed E-state index contributed by atoms with van der Waals surface area (Å²) in [7, 11) is 0. The van der Waals surface area contributed by atoms with Gasteiger partial charge in [-0.1, -0.05) is 60.7 Å². The van der Waals surface area contributed by atoms with Gasteiger partial charge < -0.3 is 4.90 Å². The molecule has 0 aliphatic heterocycles. The number of aromatic nitrogens is 2. The summed E-state index contributed by atoms with van der Waals surface area (Å²) in [6.07, 6.45) is 3.69. The molecule has 0 N–H and O–H groups in total. The highest BCUT2D eigenvalue weighted by Gasteiger charge is 2.18. The smallest absolute Gasteiger partial charge is 0.258 e. The Morgan fingerprint density at radius 2 is 1.46 bits per heavy atom. The molecule has 28 heavy (non-hydrogen) atoms. The number of rotatable bonds is 6. The molecule has 4 heteroatoms. The zero-order chi connectivity index (χ0) is 19.2. The summed E-state index contributed by atoms with van der Waals surface area (Å²) in [6.45, 7) is 1.21. The minimum Gasteiger partial charge on any atom is -0.304 e. The predicted octanol–water partition coefficient (Wildman–Crippen LogP) is 4.78. The number of carbonyl (C=O) groups is 1. The molecule has 0 aliphatic rings. The van der Waals surface area contributed by atoms with Crippen LogP contribution in [0, 0.1) is 0 Å². The molecule has 0 bridgehead atoms. The summed E-state index contributed by atoms with van der Waals surface area (Å²) in [5, 5.41) is 4.23. The minimum atomic E-state index is -0.0132. The molecule has 0 saturated carbocycles. The Kier molecular flexibility index (Phi) is 5.29. The summed E-state index contributed by atoms with van der Waals surface area (Å²) in [4.78, 5) is 15.1. The SMILES string of the molecule is O=C(c1ccc(Cn2cccn2)cc1)N(Cc1ccccc1)c1ccccc1. The van der Waals surface area contributed by atoms with Gasteiger partial charge in [-0.25, -0.2) is 0 Å². The van der Waals surface area contributed by atoms with Gasteiger partial charge in [0, 0.05) is 23.6 Å². The first-order valence-corrected chi connectivity index (χ1v) is 9.27. The van der Waals surface area contributed by atoms with Crippen LogP contribution in [0.4, 0.5) is 5.69 Å². The Balaban J connectivity index is 1.58. The van der Waals surface area contributed by atoms with Crippen molar-refractivity contribution in [3.8, 4) is 0 Å². The highest BCUT2D eigenvalue weighted by molar-refractivity contribution is 6.06. The fourth-order valence-electron chi connectivity index (χ4n) is 3.14. The van der Waals surface area contributed by atoms with Gasteiger partial charge in [0.15, 0.2) is 0 Å². The van der Waals surface area contributed by atoms with Crippen molar-refractivity contribution in [2.24, 2.45) is 0 Å². The molecule has 1 heterocycles. The second-order valence-corrected chi connectivity index (χ2v) is 6.61. The molecule has 4 rings (SSSR count). The highest BCUT2D eigenvalue weighted by atomic mass is 16.2. The molecule has 4 nitrogen and oxygen atoms in total. The first kappa shape index (κ1) is 17.7. The highest BCUT2D eigenvalue weighted by Crippen LogP contribution is 2.20. The largest absolute Gasteiger partial charge is 0.304 e. The van der Waals surface area contributed by atoms with Crippen molar-refractivity contribution in [3.63, 3.8) is 0 Å². The predicted molar refractivity (Wildman–Crippen MR) is 111 cm³/mol. The molecule has 0 spiro atoms. The van der Waals surface area contributed by atoms with E-state index >= 15 is 0 Å². The first-order chi connectivity index (χ1) is 13.8. The van der Waals surface area contributed by atoms with E-state index in [4.69, 9.17) is 0 Å². The molecule has 4 aromatic rings. The van der Waals surface area contributed by atoms with Crippen molar-refractivity contribution in [2.45, 2.75) is 13.1 Å². The molecule has 1 aromatic heterocycles. The zero-order valence-corrected chi connectivity index (χ0v) is 15.5. The Bertz CT molecular complexity index is 1010. The number of carbonyl (C=O) groups excluding carboxylic acids is 1. The van der Waals surface area contributed by atoms with E-state index in [9.17, 15) is 4.79 Å². The van der Waals surface area contributed by atoms with Crippen molar-refractivity contribution in [3.05, 3.63) is 120 Å². The van der Waals surface area contributed by atoms with Crippen LogP contribution >= 0.6 is 0 Å². The number of hydrogen-bond donors (Lipinski definition) is 0. The Labute approximate surface area is 164 Å². The van der Waals surface area contributed by atoms with E-state index in [0.717, 1.165) is 16.8 Å². The Hall–Kier alpha value is -3.66. The van der Waals surface area contributed by atoms with E-state index in [1.165, 1.54) is 0 Å². The number of nitrogens with zero attached hydrogens (tertiary/aromatic N) is 3. The summed E-state index contributed by atoms with van der Waals surface area (Å²) >= 11 is 0. The number of para-hydroxylation sites is 1. The average Bonchev–Trinajstić information content (AvgIpc) is 3.26. The molecular formula is C24H21N3O. The van der Waals surface area contributed by atoms with Gasteiger partial charge in [-0.3, -0.25) is 9.48 Å². The normalized spacial score (nSPS) is 10.6. The van der Waals surface area contributed by atoms with E-state index in [2.05, 4.69) is 5.10 Å². The van der Waals surface area contributed by atoms with Crippen LogP contribution in [0.25, 0.3) is 0 Å². The molecule has 0 aliphatic carbocycles. The van der Waals surface area contributed by atoms with E-state index in [1.54, 1.807) is 6.20 Å². The number of benzene rings is 3. The molecule has 0 fully saturated rings. The van der Waals surface area contributed by atoms with Crippen molar-refractivity contribution in [1.29, 1.82) is 0 Å². The van der Waals surface area contributed by atoms with Crippen LogP contribution in [-0.4, -0.2) is 15.7 Å². The van der Waals surface area contributed by atoms with Crippen molar-refractivity contribution < 1.29 is 4.79 Å². The number of amides is 1. The topological polar surface area (TPSA) is 38.1 Å². The van der Waals surface area contributed by atoms with E-state index < -0.39 is 0 Å². The van der Waals surface area contributed by atoms with Crippen molar-refractivity contribution >= 4 is 11.6 Å². The third-order valence-electron chi connectivity index (χ3n) is 4.60. The van der Waals surface area contributed by atoms with Crippen LogP contribution in [0.1, 0.15) is 21.5 Å². The lowest BCUT2D eigenvalue weighted by Crippen LogP contribution is -2.30. The van der Waals surface area contributed by atoms with Gasteiger partial charge in [-0.15, -0.1) is 0 Å². The summed E-state index contributed by atoms with van der Waals surface area (Å²) in [5.41, 5.74) is 3.76. The van der Waals surface area contributed by atoms with Gasteiger partial charge in [0.2, 0.25) is 0 Å². The Morgan fingerprint density at radius 1 is 0.786 bits per heavy atom. The lowest BCUT2D eigenvalue weighted by molar-refractivity contribution is 0.0985. The summed E-state index contributed by atoms with van der Waals surface area (Å²) in [6, 6.07) is 29.5. The quantitative estimate of drug-likeness (QED) is 0.492. The molecule has 0 saturated heterocycles. The molecule has 138 valence electrons. The third-order valence-corrected chi connectivity index (χ3v) is 4.60. The third kappa shape index (κ3) is 4.18. The minimum absolute atomic E-state index is 0.0132. The lowest BCUT2D eigenvalue weighted by Gasteiger charge is -2.23. The lowest BCUT2D eigenvalue weighted by atomic mass is 10.1. The summed E-state index contributed by atoms with van der Waals surface area (Å²) < 4.78 is 1.86. The van der Waals surface area contributed by atoms with Crippen molar-refractivity contribution in [2.75, 3.05) is 4.90 Å². The fraction of sp³-hybridized carbons (Fsp3) is 0.0833. The molecule has 3 aromatic carbocycles. The summed E-state index contributed by atoms with van der Waals surface area (Å²) in [5.74, 6) is -0.0132. The molecule has 0 unspecified atom stereocenters. The van der Waals surface area contributed by atoms with Crippen LogP contribution in [0.15, 0.2) is 103 Å². The maximum absolute atomic E-state index is 13.3. The van der Waals surface area contributed by atoms with Crippen LogP contribution in [0.3, 0.4) is 0 Å². The number of hydrogen-bond acceptors (Lipinski definition) is 2. The average molecular weight is 367 g/mol. The van der Waals surface area contributed by atoms with Crippen LogP contribution in [0.2, 0.25) is 0 Å². The monoisotopic (exact) mass is 367 g/mol. The number of anilines is 1. The first-order valence-electron chi connectivity index (χ1n) is 9.27. The van der Waals surface area contributed by atoms with E-state index in [0.29, 0.717) is 18.7 Å². The van der Waals surface area contributed by atoms with Crippen LogP contribution < -0.4 is 4.90 Å². The molecule has 0 atom stereocenters. The van der Waals surface area contributed by atoms with Gasteiger partial charge in [0.25, 0.3) is 5.91 Å². The standard InChI is InChI=1S/C24H21N3O/c28-24(22-14-12-21(13-15-22)18-26-17-7-16-25-26)27(23-10-5-2-6-11-23)19-20-8-3-1-4-9-20/h1-17H,18-19H2. The van der Waals surface area contributed by atoms with Crippen LogP contribution in [-0.2, 0) is 13.1 Å². The van der Waals surface area contributed by atoms with Crippen LogP contribution in [0.5, 0.6) is 0 Å². The van der Waals surface area contributed by atoms with E-state index in [1.807, 2.05) is 107 Å². The van der Waals surface area contributed by atoms with Gasteiger partial charge in [0.05, 0.1) is 13.1 Å². The molecular weight excluding hydrogens is 346 g/mol. The zero-order valence-electron chi connectivity index (χ0n) is 15.5. The van der Waals surface area contributed by atoms with Gasteiger partial charge >= 0.3 is 0 Å². The second kappa shape index (κ2) is 8.35. The maximum atomic E-state index is 13.3. The molecule has 0 radical (unpaired) electrons. The van der Waals surface area contributed by atoms with Gasteiger partial charge in [-0.2, -0.15) is 5.10 Å². The van der Waals surface area contributed by atoms with Gasteiger partial charge in [0.1, 0.15) is 0 Å². The molecule has 1 amide bonds. The maximum Gasteiger partial charge on any atom is 0.258 e.